The first-order chi connectivity index (χ1) is 10.8. The highest BCUT2D eigenvalue weighted by Crippen LogP contribution is 2.15. The number of hydrogen-bond donors (Lipinski definition) is 3. The first-order valence-electron chi connectivity index (χ1n) is 7.42. The molecule has 8 heteroatoms. The number of primary amides is 1. The monoisotopic (exact) mass is 339 g/mol. The Morgan fingerprint density at radius 2 is 1.96 bits per heavy atom. The fourth-order valence-corrected chi connectivity index (χ4v) is 3.61. The molecule has 1 aromatic rings. The summed E-state index contributed by atoms with van der Waals surface area (Å²) in [5.41, 5.74) is 5.30. The summed E-state index contributed by atoms with van der Waals surface area (Å²) >= 11 is 0. The van der Waals surface area contributed by atoms with Crippen LogP contribution in [0.15, 0.2) is 29.2 Å². The summed E-state index contributed by atoms with van der Waals surface area (Å²) < 4.78 is 23.7. The molecule has 0 saturated carbocycles. The van der Waals surface area contributed by atoms with Gasteiger partial charge in [-0.1, -0.05) is 6.92 Å². The molecule has 0 radical (unpaired) electrons. The Bertz CT molecular complexity index is 685. The summed E-state index contributed by atoms with van der Waals surface area (Å²) in [6.07, 6.45) is 0.995. The van der Waals surface area contributed by atoms with Crippen molar-refractivity contribution in [2.75, 3.05) is 18.8 Å². The maximum Gasteiger partial charge on any atom is 0.251 e. The number of rotatable bonds is 5. The molecule has 2 amide bonds. The number of piperidine rings is 1. The van der Waals surface area contributed by atoms with E-state index in [-0.39, 0.29) is 16.8 Å². The van der Waals surface area contributed by atoms with Gasteiger partial charge >= 0.3 is 0 Å². The normalized spacial score (nSPS) is 21.6. The summed E-state index contributed by atoms with van der Waals surface area (Å²) in [7, 11) is -3.75. The number of amides is 2. The van der Waals surface area contributed by atoms with Crippen LogP contribution >= 0.6 is 0 Å². The standard InChI is InChI=1S/C15H21N3O4S/c1-10-6-7-17-8-13(10)18-15(20)11-2-4-12(5-3-11)23(21,22)9-14(16)19/h2-5,10,13,17H,6-9H2,1H3,(H2,16,19)(H,18,20). The molecule has 0 aromatic heterocycles. The van der Waals surface area contributed by atoms with Crippen LogP contribution in [0.3, 0.4) is 0 Å². The summed E-state index contributed by atoms with van der Waals surface area (Å²) in [5, 5.41) is 6.18. The zero-order valence-corrected chi connectivity index (χ0v) is 13.7. The third kappa shape index (κ3) is 4.52. The minimum absolute atomic E-state index is 0.0273. The Morgan fingerprint density at radius 1 is 1.30 bits per heavy atom. The number of hydrogen-bond acceptors (Lipinski definition) is 5. The lowest BCUT2D eigenvalue weighted by atomic mass is 9.94. The van der Waals surface area contributed by atoms with Gasteiger partial charge in [0.05, 0.1) is 4.90 Å². The van der Waals surface area contributed by atoms with Crippen LogP contribution in [0.2, 0.25) is 0 Å². The molecule has 126 valence electrons. The second kappa shape index (κ2) is 7.10. The highest BCUT2D eigenvalue weighted by atomic mass is 32.2. The fraction of sp³-hybridized carbons (Fsp3) is 0.467. The Hall–Kier alpha value is -1.93. The third-order valence-electron chi connectivity index (χ3n) is 3.95. The molecule has 4 N–H and O–H groups in total. The maximum atomic E-state index is 12.2. The van der Waals surface area contributed by atoms with E-state index in [0.717, 1.165) is 19.5 Å². The molecule has 1 saturated heterocycles. The van der Waals surface area contributed by atoms with Crippen LogP contribution in [0.1, 0.15) is 23.7 Å². The number of carbonyl (C=O) groups is 2. The second-order valence-corrected chi connectivity index (χ2v) is 7.79. The fourth-order valence-electron chi connectivity index (χ4n) is 2.52. The number of carbonyl (C=O) groups excluding carboxylic acids is 2. The van der Waals surface area contributed by atoms with E-state index in [0.29, 0.717) is 11.5 Å². The Morgan fingerprint density at radius 3 is 2.52 bits per heavy atom. The van der Waals surface area contributed by atoms with Gasteiger partial charge in [-0.15, -0.1) is 0 Å². The van der Waals surface area contributed by atoms with E-state index < -0.39 is 21.5 Å². The molecule has 1 aromatic carbocycles. The van der Waals surface area contributed by atoms with Gasteiger partial charge in [0.1, 0.15) is 5.75 Å². The number of nitrogens with two attached hydrogens (primary N) is 1. The van der Waals surface area contributed by atoms with Gasteiger partial charge in [0.15, 0.2) is 9.84 Å². The SMILES string of the molecule is CC1CCNCC1NC(=O)c1ccc(S(=O)(=O)CC(N)=O)cc1. The van der Waals surface area contributed by atoms with E-state index in [1.54, 1.807) is 0 Å². The van der Waals surface area contributed by atoms with Crippen molar-refractivity contribution >= 4 is 21.7 Å². The van der Waals surface area contributed by atoms with Gasteiger partial charge in [-0.3, -0.25) is 9.59 Å². The Kier molecular flexibility index (Phi) is 5.38. The van der Waals surface area contributed by atoms with Crippen LogP contribution in [0, 0.1) is 5.92 Å². The van der Waals surface area contributed by atoms with Gasteiger partial charge in [-0.25, -0.2) is 8.42 Å². The van der Waals surface area contributed by atoms with Gasteiger partial charge in [0, 0.05) is 18.2 Å². The molecular formula is C15H21N3O4S. The lowest BCUT2D eigenvalue weighted by Gasteiger charge is -2.30. The van der Waals surface area contributed by atoms with Crippen molar-refractivity contribution < 1.29 is 18.0 Å². The molecule has 0 spiro atoms. The van der Waals surface area contributed by atoms with Crippen molar-refractivity contribution in [3.8, 4) is 0 Å². The third-order valence-corrected chi connectivity index (χ3v) is 5.61. The predicted octanol–water partition coefficient (Wildman–Crippen LogP) is -0.327. The molecule has 2 rings (SSSR count). The lowest BCUT2D eigenvalue weighted by Crippen LogP contribution is -2.50. The summed E-state index contributed by atoms with van der Waals surface area (Å²) in [6.45, 7) is 3.75. The van der Waals surface area contributed by atoms with E-state index in [9.17, 15) is 18.0 Å². The van der Waals surface area contributed by atoms with Crippen molar-refractivity contribution in [1.29, 1.82) is 0 Å². The average Bonchev–Trinajstić information content (AvgIpc) is 2.48. The maximum absolute atomic E-state index is 12.2. The van der Waals surface area contributed by atoms with E-state index >= 15 is 0 Å². The molecule has 0 bridgehead atoms. The first-order valence-corrected chi connectivity index (χ1v) is 9.07. The van der Waals surface area contributed by atoms with Crippen molar-refractivity contribution in [3.05, 3.63) is 29.8 Å². The van der Waals surface area contributed by atoms with Crippen LogP contribution < -0.4 is 16.4 Å². The molecule has 7 nitrogen and oxygen atoms in total. The molecular weight excluding hydrogens is 318 g/mol. The van der Waals surface area contributed by atoms with Gasteiger partial charge in [-0.05, 0) is 43.1 Å². The van der Waals surface area contributed by atoms with Gasteiger partial charge in [-0.2, -0.15) is 0 Å². The van der Waals surface area contributed by atoms with E-state index in [1.807, 2.05) is 0 Å². The molecule has 23 heavy (non-hydrogen) atoms. The molecule has 1 aliphatic rings. The molecule has 2 unspecified atom stereocenters. The van der Waals surface area contributed by atoms with Crippen molar-refractivity contribution in [1.82, 2.24) is 10.6 Å². The largest absolute Gasteiger partial charge is 0.369 e. The highest BCUT2D eigenvalue weighted by Gasteiger charge is 2.23. The zero-order chi connectivity index (χ0) is 17.0. The highest BCUT2D eigenvalue weighted by molar-refractivity contribution is 7.92. The number of benzene rings is 1. The summed E-state index contributed by atoms with van der Waals surface area (Å²) in [4.78, 5) is 23.0. The van der Waals surface area contributed by atoms with Crippen molar-refractivity contribution in [2.45, 2.75) is 24.3 Å². The van der Waals surface area contributed by atoms with Crippen LogP contribution in [0.5, 0.6) is 0 Å². The molecule has 1 fully saturated rings. The molecule has 0 aliphatic carbocycles. The topological polar surface area (TPSA) is 118 Å². The van der Waals surface area contributed by atoms with E-state index in [4.69, 9.17) is 5.73 Å². The summed E-state index contributed by atoms with van der Waals surface area (Å²) in [5.74, 6) is -1.52. The lowest BCUT2D eigenvalue weighted by molar-refractivity contribution is -0.115. The minimum Gasteiger partial charge on any atom is -0.369 e. The Balaban J connectivity index is 2.07. The number of sulfone groups is 1. The van der Waals surface area contributed by atoms with Gasteiger partial charge < -0.3 is 16.4 Å². The second-order valence-electron chi connectivity index (χ2n) is 5.80. The van der Waals surface area contributed by atoms with Crippen molar-refractivity contribution in [2.24, 2.45) is 11.7 Å². The first kappa shape index (κ1) is 17.4. The number of nitrogens with one attached hydrogen (secondary N) is 2. The van der Waals surface area contributed by atoms with Crippen LogP contribution in [0.4, 0.5) is 0 Å². The van der Waals surface area contributed by atoms with Crippen LogP contribution in [0.25, 0.3) is 0 Å². The predicted molar refractivity (Wildman–Crippen MR) is 85.6 cm³/mol. The smallest absolute Gasteiger partial charge is 0.251 e. The van der Waals surface area contributed by atoms with Gasteiger partial charge in [0.2, 0.25) is 5.91 Å². The van der Waals surface area contributed by atoms with E-state index in [1.165, 1.54) is 24.3 Å². The van der Waals surface area contributed by atoms with Crippen LogP contribution in [-0.4, -0.2) is 45.1 Å². The molecule has 1 heterocycles. The van der Waals surface area contributed by atoms with Crippen LogP contribution in [-0.2, 0) is 14.6 Å². The average molecular weight is 339 g/mol. The molecule has 1 aliphatic heterocycles. The van der Waals surface area contributed by atoms with Gasteiger partial charge in [0.25, 0.3) is 5.91 Å². The van der Waals surface area contributed by atoms with E-state index in [2.05, 4.69) is 17.6 Å². The summed E-state index contributed by atoms with van der Waals surface area (Å²) in [6, 6.07) is 5.55. The quantitative estimate of drug-likeness (QED) is 0.679. The van der Waals surface area contributed by atoms with Crippen molar-refractivity contribution in [3.63, 3.8) is 0 Å². The zero-order valence-electron chi connectivity index (χ0n) is 12.9. The minimum atomic E-state index is -3.75. The molecule has 2 atom stereocenters. The Labute approximate surface area is 135 Å².